The minimum absolute atomic E-state index is 0.0353. The summed E-state index contributed by atoms with van der Waals surface area (Å²) in [6.07, 6.45) is 5.93. The Morgan fingerprint density at radius 2 is 1.85 bits per heavy atom. The third kappa shape index (κ3) is 3.03. The van der Waals surface area contributed by atoms with Crippen LogP contribution in [0.4, 0.5) is 0 Å². The normalized spacial score (nSPS) is 18.0. The van der Waals surface area contributed by atoms with E-state index in [-0.39, 0.29) is 11.3 Å². The predicted molar refractivity (Wildman–Crippen MR) is 81.5 cm³/mol. The molecule has 1 aliphatic carbocycles. The maximum absolute atomic E-state index is 12.4. The number of hydrogen-bond donors (Lipinski definition) is 1. The van der Waals surface area contributed by atoms with Crippen LogP contribution >= 0.6 is 11.6 Å². The van der Waals surface area contributed by atoms with Crippen LogP contribution in [0.25, 0.3) is 0 Å². The molecule has 0 atom stereocenters. The number of halogens is 1. The highest BCUT2D eigenvalue weighted by Crippen LogP contribution is 2.36. The number of alkyl halides is 1. The second kappa shape index (κ2) is 6.21. The van der Waals surface area contributed by atoms with E-state index in [1.165, 1.54) is 19.3 Å². The molecule has 0 aliphatic heterocycles. The zero-order valence-corrected chi connectivity index (χ0v) is 13.4. The summed E-state index contributed by atoms with van der Waals surface area (Å²) in [4.78, 5) is 12.4. The number of hydrogen-bond acceptors (Lipinski definition) is 2. The average Bonchev–Trinajstić information content (AvgIpc) is 2.71. The van der Waals surface area contributed by atoms with Crippen LogP contribution in [0.1, 0.15) is 59.5 Å². The van der Waals surface area contributed by atoms with Gasteiger partial charge >= 0.3 is 0 Å². The molecule has 0 bridgehead atoms. The molecule has 1 aromatic rings. The molecule has 1 saturated carbocycles. The Balaban J connectivity index is 2.04. The van der Waals surface area contributed by atoms with E-state index in [1.807, 2.05) is 20.8 Å². The van der Waals surface area contributed by atoms with Crippen LogP contribution in [-0.4, -0.2) is 18.3 Å². The van der Waals surface area contributed by atoms with E-state index in [2.05, 4.69) is 5.32 Å². The van der Waals surface area contributed by atoms with Crippen molar-refractivity contribution in [3.05, 3.63) is 22.6 Å². The fraction of sp³-hybridized carbons (Fsp3) is 0.688. The highest BCUT2D eigenvalue weighted by Gasteiger charge is 2.32. The van der Waals surface area contributed by atoms with Crippen molar-refractivity contribution in [3.8, 4) is 0 Å². The lowest BCUT2D eigenvalue weighted by Crippen LogP contribution is -2.40. The first-order chi connectivity index (χ1) is 9.49. The van der Waals surface area contributed by atoms with Gasteiger partial charge in [-0.25, -0.2) is 0 Å². The van der Waals surface area contributed by atoms with E-state index >= 15 is 0 Å². The summed E-state index contributed by atoms with van der Waals surface area (Å²) in [7, 11) is 0. The highest BCUT2D eigenvalue weighted by atomic mass is 35.5. The summed E-state index contributed by atoms with van der Waals surface area (Å²) in [6, 6.07) is 0. The quantitative estimate of drug-likeness (QED) is 0.849. The van der Waals surface area contributed by atoms with Gasteiger partial charge in [-0.3, -0.25) is 4.79 Å². The Labute approximate surface area is 126 Å². The lowest BCUT2D eigenvalue weighted by Gasteiger charge is -2.35. The summed E-state index contributed by atoms with van der Waals surface area (Å²) in [5.41, 5.74) is 1.70. The van der Waals surface area contributed by atoms with Crippen molar-refractivity contribution < 1.29 is 9.21 Å². The molecular weight excluding hydrogens is 274 g/mol. The largest absolute Gasteiger partial charge is 0.466 e. The molecule has 1 fully saturated rings. The topological polar surface area (TPSA) is 42.2 Å². The van der Waals surface area contributed by atoms with Gasteiger partial charge in [0.05, 0.1) is 5.56 Å². The summed E-state index contributed by atoms with van der Waals surface area (Å²) in [5, 5.41) is 3.07. The molecule has 0 aromatic carbocycles. The minimum Gasteiger partial charge on any atom is -0.466 e. The smallest absolute Gasteiger partial charge is 0.255 e. The van der Waals surface area contributed by atoms with Crippen LogP contribution in [0.2, 0.25) is 0 Å². The number of amides is 1. The van der Waals surface area contributed by atoms with E-state index < -0.39 is 0 Å². The van der Waals surface area contributed by atoms with Gasteiger partial charge in [-0.15, -0.1) is 11.6 Å². The number of carbonyl (C=O) groups is 1. The molecular formula is C16H24ClNO2. The van der Waals surface area contributed by atoms with Gasteiger partial charge in [0, 0.05) is 23.4 Å². The molecule has 0 unspecified atom stereocenters. The van der Waals surface area contributed by atoms with Crippen molar-refractivity contribution in [1.29, 1.82) is 0 Å². The number of carbonyl (C=O) groups excluding carboxylic acids is 1. The molecule has 0 spiro atoms. The average molecular weight is 298 g/mol. The van der Waals surface area contributed by atoms with Crippen molar-refractivity contribution >= 4 is 17.5 Å². The van der Waals surface area contributed by atoms with Crippen molar-refractivity contribution in [2.24, 2.45) is 5.41 Å². The zero-order valence-electron chi connectivity index (χ0n) is 12.6. The van der Waals surface area contributed by atoms with Crippen LogP contribution in [0.3, 0.4) is 0 Å². The number of aryl methyl sites for hydroxylation is 2. The van der Waals surface area contributed by atoms with Crippen LogP contribution in [-0.2, 0) is 0 Å². The fourth-order valence-corrected chi connectivity index (χ4v) is 3.50. The van der Waals surface area contributed by atoms with E-state index in [0.717, 1.165) is 24.2 Å². The molecule has 0 saturated heterocycles. The highest BCUT2D eigenvalue weighted by molar-refractivity contribution is 6.18. The van der Waals surface area contributed by atoms with Gasteiger partial charge in [0.15, 0.2) is 0 Å². The Morgan fingerprint density at radius 3 is 2.35 bits per heavy atom. The Morgan fingerprint density at radius 1 is 1.20 bits per heavy atom. The standard InChI is InChI=1S/C16H24ClNO2/c1-11-12(2)20-13(3)14(11)15(19)18-10-16(9-17)7-5-4-6-8-16/h4-10H2,1-3H3,(H,18,19). The first-order valence-electron chi connectivity index (χ1n) is 7.40. The molecule has 1 amide bonds. The van der Waals surface area contributed by atoms with E-state index in [1.54, 1.807) is 0 Å². The first kappa shape index (κ1) is 15.4. The van der Waals surface area contributed by atoms with Crippen molar-refractivity contribution in [3.63, 3.8) is 0 Å². The van der Waals surface area contributed by atoms with Gasteiger partial charge in [-0.05, 0) is 33.6 Å². The van der Waals surface area contributed by atoms with Gasteiger partial charge in [0.2, 0.25) is 0 Å². The molecule has 112 valence electrons. The van der Waals surface area contributed by atoms with E-state index in [4.69, 9.17) is 16.0 Å². The van der Waals surface area contributed by atoms with Gasteiger partial charge in [0.25, 0.3) is 5.91 Å². The van der Waals surface area contributed by atoms with Gasteiger partial charge in [-0.1, -0.05) is 19.3 Å². The molecule has 1 aromatic heterocycles. The molecule has 20 heavy (non-hydrogen) atoms. The summed E-state index contributed by atoms with van der Waals surface area (Å²) < 4.78 is 5.52. The van der Waals surface area contributed by atoms with Crippen LogP contribution in [0, 0.1) is 26.2 Å². The van der Waals surface area contributed by atoms with Crippen LogP contribution in [0.5, 0.6) is 0 Å². The van der Waals surface area contributed by atoms with Gasteiger partial charge in [-0.2, -0.15) is 0 Å². The van der Waals surface area contributed by atoms with Gasteiger partial charge < -0.3 is 9.73 Å². The lowest BCUT2D eigenvalue weighted by molar-refractivity contribution is 0.0919. The Kier molecular flexibility index (Phi) is 4.79. The summed E-state index contributed by atoms with van der Waals surface area (Å²) in [5.74, 6) is 2.10. The molecule has 2 rings (SSSR count). The SMILES string of the molecule is Cc1oc(C)c(C(=O)NCC2(CCl)CCCCC2)c1C. The van der Waals surface area contributed by atoms with Crippen molar-refractivity contribution in [2.45, 2.75) is 52.9 Å². The Hall–Kier alpha value is -0.960. The van der Waals surface area contributed by atoms with E-state index in [9.17, 15) is 4.79 Å². The minimum atomic E-state index is -0.0353. The molecule has 3 nitrogen and oxygen atoms in total. The Bertz CT molecular complexity index is 487. The molecule has 1 aliphatic rings. The van der Waals surface area contributed by atoms with Crippen molar-refractivity contribution in [1.82, 2.24) is 5.32 Å². The number of furan rings is 1. The maximum Gasteiger partial charge on any atom is 0.255 e. The zero-order chi connectivity index (χ0) is 14.8. The molecule has 1 N–H and O–H groups in total. The first-order valence-corrected chi connectivity index (χ1v) is 7.93. The van der Waals surface area contributed by atoms with Crippen LogP contribution in [0.15, 0.2) is 4.42 Å². The second-order valence-electron chi connectivity index (χ2n) is 6.09. The number of rotatable bonds is 4. The predicted octanol–water partition coefficient (Wildman–Crippen LogP) is 4.12. The molecule has 0 radical (unpaired) electrons. The number of nitrogens with one attached hydrogen (secondary N) is 1. The van der Waals surface area contributed by atoms with Crippen molar-refractivity contribution in [2.75, 3.05) is 12.4 Å². The summed E-state index contributed by atoms with van der Waals surface area (Å²) >= 11 is 6.16. The second-order valence-corrected chi connectivity index (χ2v) is 6.36. The lowest BCUT2D eigenvalue weighted by atomic mass is 9.75. The maximum atomic E-state index is 12.4. The third-order valence-corrected chi connectivity index (χ3v) is 5.18. The molecule has 4 heteroatoms. The third-order valence-electron chi connectivity index (χ3n) is 4.61. The van der Waals surface area contributed by atoms with Gasteiger partial charge in [0.1, 0.15) is 11.5 Å². The van der Waals surface area contributed by atoms with E-state index in [0.29, 0.717) is 23.7 Å². The monoisotopic (exact) mass is 297 g/mol. The summed E-state index contributed by atoms with van der Waals surface area (Å²) in [6.45, 7) is 6.32. The van der Waals surface area contributed by atoms with Crippen LogP contribution < -0.4 is 5.32 Å². The molecule has 1 heterocycles. The fourth-order valence-electron chi connectivity index (χ4n) is 3.14.